The van der Waals surface area contributed by atoms with Gasteiger partial charge in [-0.05, 0) is 42.3 Å². The van der Waals surface area contributed by atoms with Crippen molar-refractivity contribution >= 4 is 15.7 Å². The van der Waals surface area contributed by atoms with Crippen LogP contribution in [0, 0.1) is 11.3 Å². The van der Waals surface area contributed by atoms with Crippen LogP contribution in [0.25, 0.3) is 11.1 Å². The summed E-state index contributed by atoms with van der Waals surface area (Å²) in [5, 5.41) is 8.98. The highest BCUT2D eigenvalue weighted by Crippen LogP contribution is 2.30. The highest BCUT2D eigenvalue weighted by Gasteiger charge is 2.29. The quantitative estimate of drug-likeness (QED) is 0.640. The molecule has 6 heteroatoms. The van der Waals surface area contributed by atoms with Crippen molar-refractivity contribution in [1.29, 1.82) is 5.26 Å². The van der Waals surface area contributed by atoms with E-state index in [1.165, 1.54) is 0 Å². The zero-order valence-corrected chi connectivity index (χ0v) is 17.4. The van der Waals surface area contributed by atoms with Crippen molar-refractivity contribution in [3.63, 3.8) is 0 Å². The maximum atomic E-state index is 13.5. The van der Waals surface area contributed by atoms with Crippen LogP contribution in [0.2, 0.25) is 0 Å². The second kappa shape index (κ2) is 8.70. The van der Waals surface area contributed by atoms with Crippen molar-refractivity contribution in [2.75, 3.05) is 31.1 Å². The minimum atomic E-state index is -3.62. The van der Waals surface area contributed by atoms with Crippen LogP contribution in [-0.2, 0) is 10.0 Å². The van der Waals surface area contributed by atoms with E-state index in [9.17, 15) is 8.42 Å². The number of benzene rings is 3. The Balaban J connectivity index is 1.58. The first-order chi connectivity index (χ1) is 14.6. The van der Waals surface area contributed by atoms with Crippen molar-refractivity contribution in [3.05, 3.63) is 84.4 Å². The molecule has 3 aromatic rings. The van der Waals surface area contributed by atoms with E-state index >= 15 is 0 Å². The fourth-order valence-electron chi connectivity index (χ4n) is 3.83. The van der Waals surface area contributed by atoms with Gasteiger partial charge >= 0.3 is 0 Å². The van der Waals surface area contributed by atoms with Crippen molar-refractivity contribution in [1.82, 2.24) is 4.31 Å². The first-order valence-electron chi connectivity index (χ1n) is 9.99. The maximum absolute atomic E-state index is 13.5. The van der Waals surface area contributed by atoms with Crippen molar-refractivity contribution in [2.45, 2.75) is 11.3 Å². The van der Waals surface area contributed by atoms with Gasteiger partial charge in [-0.1, -0.05) is 48.5 Å². The fourth-order valence-corrected chi connectivity index (χ4v) is 5.51. The standard InChI is InChI=1S/C24H23N3O2S/c25-19-20-11-13-22(14-12-20)26-15-6-16-27(18-17-26)30(28,29)24-10-5-4-9-23(24)21-7-2-1-3-8-21/h1-5,7-14H,6,15-18H2. The lowest BCUT2D eigenvalue weighted by molar-refractivity contribution is 0.433. The molecule has 3 aromatic carbocycles. The van der Waals surface area contributed by atoms with Gasteiger partial charge in [-0.2, -0.15) is 9.57 Å². The van der Waals surface area contributed by atoms with Crippen LogP contribution in [0.15, 0.2) is 83.8 Å². The predicted molar refractivity (Wildman–Crippen MR) is 119 cm³/mol. The molecule has 0 radical (unpaired) electrons. The lowest BCUT2D eigenvalue weighted by atomic mass is 10.1. The van der Waals surface area contributed by atoms with Crippen molar-refractivity contribution < 1.29 is 8.42 Å². The lowest BCUT2D eigenvalue weighted by Gasteiger charge is -2.24. The summed E-state index contributed by atoms with van der Waals surface area (Å²) in [7, 11) is -3.62. The molecule has 0 N–H and O–H groups in total. The third-order valence-electron chi connectivity index (χ3n) is 5.41. The number of anilines is 1. The highest BCUT2D eigenvalue weighted by molar-refractivity contribution is 7.89. The van der Waals surface area contributed by atoms with Gasteiger partial charge in [0.15, 0.2) is 0 Å². The Kier molecular flexibility index (Phi) is 5.84. The van der Waals surface area contributed by atoms with Crippen LogP contribution in [0.4, 0.5) is 5.69 Å². The van der Waals surface area contributed by atoms with Gasteiger partial charge in [0.25, 0.3) is 0 Å². The van der Waals surface area contributed by atoms with Gasteiger partial charge in [0.1, 0.15) is 0 Å². The van der Waals surface area contributed by atoms with Crippen LogP contribution in [0.3, 0.4) is 0 Å². The zero-order valence-electron chi connectivity index (χ0n) is 16.6. The lowest BCUT2D eigenvalue weighted by Crippen LogP contribution is -2.35. The van der Waals surface area contributed by atoms with E-state index in [4.69, 9.17) is 5.26 Å². The van der Waals surface area contributed by atoms with E-state index in [1.54, 1.807) is 28.6 Å². The molecule has 4 rings (SSSR count). The summed E-state index contributed by atoms with van der Waals surface area (Å²) in [4.78, 5) is 2.53. The molecule has 0 aliphatic carbocycles. The summed E-state index contributed by atoms with van der Waals surface area (Å²) in [6, 6.07) is 26.4. The monoisotopic (exact) mass is 417 g/mol. The summed E-state index contributed by atoms with van der Waals surface area (Å²) in [5.41, 5.74) is 3.25. The topological polar surface area (TPSA) is 64.4 Å². The molecule has 0 spiro atoms. The van der Waals surface area contributed by atoms with Crippen molar-refractivity contribution in [3.8, 4) is 17.2 Å². The van der Waals surface area contributed by atoms with E-state index in [0.717, 1.165) is 29.8 Å². The Labute approximate surface area is 177 Å². The third kappa shape index (κ3) is 4.09. The normalized spacial score (nSPS) is 15.4. The molecular formula is C24H23N3O2S. The smallest absolute Gasteiger partial charge is 0.243 e. The molecule has 0 saturated carbocycles. The average Bonchev–Trinajstić information content (AvgIpc) is 3.07. The molecule has 1 aliphatic heterocycles. The molecule has 1 saturated heterocycles. The predicted octanol–water partition coefficient (Wildman–Crippen LogP) is 4.13. The summed E-state index contributed by atoms with van der Waals surface area (Å²) in [5.74, 6) is 0. The Morgan fingerprint density at radius 3 is 2.20 bits per heavy atom. The maximum Gasteiger partial charge on any atom is 0.243 e. The molecular weight excluding hydrogens is 394 g/mol. The van der Waals surface area contributed by atoms with Gasteiger partial charge in [0.05, 0.1) is 16.5 Å². The first-order valence-corrected chi connectivity index (χ1v) is 11.4. The molecule has 5 nitrogen and oxygen atoms in total. The molecule has 152 valence electrons. The molecule has 0 unspecified atom stereocenters. The molecule has 0 atom stereocenters. The molecule has 1 aliphatic rings. The van der Waals surface area contributed by atoms with Crippen LogP contribution in [0.5, 0.6) is 0 Å². The number of sulfonamides is 1. The van der Waals surface area contributed by atoms with E-state index in [-0.39, 0.29) is 0 Å². The molecule has 30 heavy (non-hydrogen) atoms. The molecule has 1 fully saturated rings. The number of rotatable bonds is 4. The van der Waals surface area contributed by atoms with Crippen LogP contribution < -0.4 is 4.90 Å². The Bertz CT molecular complexity index is 1150. The van der Waals surface area contributed by atoms with Crippen LogP contribution in [0.1, 0.15) is 12.0 Å². The van der Waals surface area contributed by atoms with Gasteiger partial charge < -0.3 is 4.90 Å². The molecule has 0 amide bonds. The zero-order chi connectivity index (χ0) is 21.0. The summed E-state index contributed by atoms with van der Waals surface area (Å²) < 4.78 is 28.7. The first kappa shape index (κ1) is 20.1. The number of hydrogen-bond acceptors (Lipinski definition) is 4. The SMILES string of the molecule is N#Cc1ccc(N2CCCN(S(=O)(=O)c3ccccc3-c3ccccc3)CC2)cc1. The van der Waals surface area contributed by atoms with Crippen LogP contribution >= 0.6 is 0 Å². The molecule has 1 heterocycles. The van der Waals surface area contributed by atoms with Crippen molar-refractivity contribution in [2.24, 2.45) is 0 Å². The van der Waals surface area contributed by atoms with E-state index in [2.05, 4.69) is 11.0 Å². The van der Waals surface area contributed by atoms with Gasteiger partial charge in [0, 0.05) is 37.4 Å². The largest absolute Gasteiger partial charge is 0.370 e. The second-order valence-corrected chi connectivity index (χ2v) is 9.17. The van der Waals surface area contributed by atoms with E-state index in [0.29, 0.717) is 30.1 Å². The van der Waals surface area contributed by atoms with Gasteiger partial charge in [0.2, 0.25) is 10.0 Å². The summed E-state index contributed by atoms with van der Waals surface area (Å²) in [6.45, 7) is 2.29. The Hall–Kier alpha value is -3.14. The Morgan fingerprint density at radius 2 is 1.47 bits per heavy atom. The van der Waals surface area contributed by atoms with Gasteiger partial charge in [-0.15, -0.1) is 0 Å². The van der Waals surface area contributed by atoms with Crippen LogP contribution in [-0.4, -0.2) is 38.9 Å². The Morgan fingerprint density at radius 1 is 0.767 bits per heavy atom. The third-order valence-corrected chi connectivity index (χ3v) is 7.36. The average molecular weight is 418 g/mol. The summed E-state index contributed by atoms with van der Waals surface area (Å²) >= 11 is 0. The second-order valence-electron chi connectivity index (χ2n) is 7.27. The minimum absolute atomic E-state index is 0.350. The molecule has 0 bridgehead atoms. The van der Waals surface area contributed by atoms with Gasteiger partial charge in [-0.3, -0.25) is 0 Å². The number of hydrogen-bond donors (Lipinski definition) is 0. The number of nitrogens with zero attached hydrogens (tertiary/aromatic N) is 3. The number of nitriles is 1. The fraction of sp³-hybridized carbons (Fsp3) is 0.208. The highest BCUT2D eigenvalue weighted by atomic mass is 32.2. The van der Waals surface area contributed by atoms with E-state index < -0.39 is 10.0 Å². The minimum Gasteiger partial charge on any atom is -0.370 e. The summed E-state index contributed by atoms with van der Waals surface area (Å²) in [6.07, 6.45) is 0.743. The molecule has 0 aromatic heterocycles. The van der Waals surface area contributed by atoms with E-state index in [1.807, 2.05) is 54.6 Å². The van der Waals surface area contributed by atoms with Gasteiger partial charge in [-0.25, -0.2) is 8.42 Å².